The zero-order valence-corrected chi connectivity index (χ0v) is 19.5. The van der Waals surface area contributed by atoms with Gasteiger partial charge in [-0.3, -0.25) is 9.89 Å². The number of likely N-dealkylation sites (tertiary alicyclic amines) is 2. The van der Waals surface area contributed by atoms with Crippen LogP contribution in [-0.4, -0.2) is 62.6 Å². The van der Waals surface area contributed by atoms with E-state index >= 15 is 0 Å². The van der Waals surface area contributed by atoms with Gasteiger partial charge in [-0.05, 0) is 55.5 Å². The molecule has 0 aliphatic carbocycles. The quantitative estimate of drug-likeness (QED) is 0.391. The van der Waals surface area contributed by atoms with Gasteiger partial charge in [0.2, 0.25) is 0 Å². The molecule has 1 aromatic carbocycles. The number of rotatable bonds is 5. The number of halogens is 1. The number of nitrogens with zero attached hydrogens (tertiary/aromatic N) is 3. The van der Waals surface area contributed by atoms with Gasteiger partial charge in [0.25, 0.3) is 0 Å². The van der Waals surface area contributed by atoms with Crippen molar-refractivity contribution in [3.63, 3.8) is 0 Å². The average molecular weight is 486 g/mol. The van der Waals surface area contributed by atoms with Crippen molar-refractivity contribution in [1.29, 1.82) is 0 Å². The molecule has 2 fully saturated rings. The predicted octanol–water partition coefficient (Wildman–Crippen LogP) is 3.76. The summed E-state index contributed by atoms with van der Waals surface area (Å²) in [7, 11) is 3.63. The summed E-state index contributed by atoms with van der Waals surface area (Å²) in [6, 6.07) is 8.85. The van der Waals surface area contributed by atoms with Gasteiger partial charge in [0.1, 0.15) is 5.75 Å². The van der Waals surface area contributed by atoms with Crippen molar-refractivity contribution in [1.82, 2.24) is 15.1 Å². The van der Waals surface area contributed by atoms with Crippen molar-refractivity contribution in [3.8, 4) is 5.75 Å². The number of methoxy groups -OCH3 is 1. The highest BCUT2D eigenvalue weighted by Crippen LogP contribution is 2.30. The lowest BCUT2D eigenvalue weighted by Gasteiger charge is -2.31. The number of benzene rings is 1. The minimum atomic E-state index is 0. The Kier molecular flexibility index (Phi) is 8.21. The molecule has 2 heterocycles. The van der Waals surface area contributed by atoms with Crippen molar-refractivity contribution in [2.75, 3.05) is 46.9 Å². The molecule has 0 aromatic heterocycles. The van der Waals surface area contributed by atoms with Crippen LogP contribution in [0, 0.1) is 5.41 Å². The molecular weight excluding hydrogens is 451 g/mol. The van der Waals surface area contributed by atoms with Crippen LogP contribution in [0.3, 0.4) is 0 Å². The topological polar surface area (TPSA) is 40.1 Å². The summed E-state index contributed by atoms with van der Waals surface area (Å²) in [6.07, 6.45) is 3.80. The molecule has 1 unspecified atom stereocenters. The van der Waals surface area contributed by atoms with E-state index in [1.54, 1.807) is 7.11 Å². The van der Waals surface area contributed by atoms with E-state index in [0.29, 0.717) is 11.5 Å². The largest absolute Gasteiger partial charge is 0.497 e. The molecule has 2 aliphatic rings. The Hall–Kier alpha value is -1.02. The minimum absolute atomic E-state index is 0. The fourth-order valence-corrected chi connectivity index (χ4v) is 4.17. The maximum absolute atomic E-state index is 5.45. The lowest BCUT2D eigenvalue weighted by atomic mass is 9.93. The van der Waals surface area contributed by atoms with Crippen LogP contribution in [0.4, 0.5) is 0 Å². The summed E-state index contributed by atoms with van der Waals surface area (Å²) in [5.41, 5.74) is 1.69. The summed E-state index contributed by atoms with van der Waals surface area (Å²) in [4.78, 5) is 9.53. The van der Waals surface area contributed by atoms with Crippen LogP contribution in [0.25, 0.3) is 0 Å². The highest BCUT2D eigenvalue weighted by molar-refractivity contribution is 14.0. The minimum Gasteiger partial charge on any atom is -0.497 e. The number of guanidine groups is 1. The maximum atomic E-state index is 5.45. The van der Waals surface area contributed by atoms with Crippen LogP contribution < -0.4 is 10.1 Å². The highest BCUT2D eigenvalue weighted by atomic mass is 127. The Morgan fingerprint density at radius 1 is 1.26 bits per heavy atom. The van der Waals surface area contributed by atoms with Crippen LogP contribution >= 0.6 is 24.0 Å². The van der Waals surface area contributed by atoms with Crippen molar-refractivity contribution in [2.45, 2.75) is 39.2 Å². The van der Waals surface area contributed by atoms with E-state index in [9.17, 15) is 0 Å². The van der Waals surface area contributed by atoms with Crippen molar-refractivity contribution < 1.29 is 4.74 Å². The van der Waals surface area contributed by atoms with Gasteiger partial charge in [-0.1, -0.05) is 26.0 Å². The van der Waals surface area contributed by atoms with Gasteiger partial charge < -0.3 is 15.0 Å². The van der Waals surface area contributed by atoms with E-state index in [1.807, 2.05) is 13.1 Å². The first-order valence-corrected chi connectivity index (χ1v) is 9.86. The van der Waals surface area contributed by atoms with E-state index in [4.69, 9.17) is 4.74 Å². The highest BCUT2D eigenvalue weighted by Gasteiger charge is 2.31. The van der Waals surface area contributed by atoms with Gasteiger partial charge in [-0.15, -0.1) is 24.0 Å². The second-order valence-electron chi connectivity index (χ2n) is 8.30. The molecule has 6 heteroatoms. The smallest absolute Gasteiger partial charge is 0.193 e. The molecule has 1 aromatic rings. The number of ether oxygens (including phenoxy) is 1. The fraction of sp³-hybridized carbons (Fsp3) is 0.667. The number of nitrogens with one attached hydrogen (secondary N) is 1. The summed E-state index contributed by atoms with van der Waals surface area (Å²) in [5.74, 6) is 1.96. The zero-order chi connectivity index (χ0) is 18.6. The summed E-state index contributed by atoms with van der Waals surface area (Å²) in [5, 5.41) is 3.66. The molecule has 1 atom stereocenters. The Labute approximate surface area is 181 Å². The number of hydrogen-bond acceptors (Lipinski definition) is 3. The monoisotopic (exact) mass is 486 g/mol. The normalized spacial score (nSPS) is 21.0. The van der Waals surface area contributed by atoms with Gasteiger partial charge in [0.05, 0.1) is 13.2 Å². The Morgan fingerprint density at radius 3 is 2.59 bits per heavy atom. The van der Waals surface area contributed by atoms with E-state index in [0.717, 1.165) is 31.3 Å². The molecule has 152 valence electrons. The molecule has 0 saturated carbocycles. The summed E-state index contributed by atoms with van der Waals surface area (Å²) < 4.78 is 5.45. The first kappa shape index (κ1) is 22.3. The first-order valence-electron chi connectivity index (χ1n) is 9.86. The van der Waals surface area contributed by atoms with Gasteiger partial charge >= 0.3 is 0 Å². The zero-order valence-electron chi connectivity index (χ0n) is 17.2. The van der Waals surface area contributed by atoms with Gasteiger partial charge in [0.15, 0.2) is 5.96 Å². The molecular formula is C21H35IN4O. The van der Waals surface area contributed by atoms with Crippen LogP contribution in [0.1, 0.15) is 44.7 Å². The molecule has 2 saturated heterocycles. The van der Waals surface area contributed by atoms with E-state index in [2.05, 4.69) is 52.2 Å². The Morgan fingerprint density at radius 2 is 2.00 bits per heavy atom. The molecule has 1 N–H and O–H groups in total. The van der Waals surface area contributed by atoms with Crippen LogP contribution in [0.5, 0.6) is 5.75 Å². The van der Waals surface area contributed by atoms with E-state index < -0.39 is 0 Å². The number of aliphatic imine (C=N–C) groups is 1. The molecule has 0 spiro atoms. The molecule has 0 amide bonds. The van der Waals surface area contributed by atoms with Crippen molar-refractivity contribution in [3.05, 3.63) is 29.8 Å². The van der Waals surface area contributed by atoms with Crippen LogP contribution in [0.2, 0.25) is 0 Å². The predicted molar refractivity (Wildman–Crippen MR) is 123 cm³/mol. The van der Waals surface area contributed by atoms with Crippen molar-refractivity contribution >= 4 is 29.9 Å². The summed E-state index contributed by atoms with van der Waals surface area (Å²) in [6.45, 7) is 10.0. The third-order valence-corrected chi connectivity index (χ3v) is 5.70. The molecule has 2 aliphatic heterocycles. The van der Waals surface area contributed by atoms with Gasteiger partial charge in [0, 0.05) is 26.7 Å². The third-order valence-electron chi connectivity index (χ3n) is 5.70. The lowest BCUT2D eigenvalue weighted by molar-refractivity contribution is 0.243. The van der Waals surface area contributed by atoms with Gasteiger partial charge in [-0.25, -0.2) is 0 Å². The first-order chi connectivity index (χ1) is 12.5. The van der Waals surface area contributed by atoms with Crippen LogP contribution in [-0.2, 0) is 0 Å². The second-order valence-corrected chi connectivity index (χ2v) is 8.30. The Balaban J connectivity index is 0.00000261. The SMILES string of the molecule is CN=C(NCC(c1cccc(OC)c1)N1CCCC1)N1CCC(C)(C)C1.I. The molecule has 27 heavy (non-hydrogen) atoms. The maximum Gasteiger partial charge on any atom is 0.193 e. The fourth-order valence-electron chi connectivity index (χ4n) is 4.17. The summed E-state index contributed by atoms with van der Waals surface area (Å²) >= 11 is 0. The third kappa shape index (κ3) is 5.73. The molecule has 0 radical (unpaired) electrons. The second kappa shape index (κ2) is 9.96. The van der Waals surface area contributed by atoms with Gasteiger partial charge in [-0.2, -0.15) is 0 Å². The van der Waals surface area contributed by atoms with E-state index in [1.165, 1.54) is 37.9 Å². The number of hydrogen-bond donors (Lipinski definition) is 1. The lowest BCUT2D eigenvalue weighted by Crippen LogP contribution is -2.44. The molecule has 3 rings (SSSR count). The Bertz CT molecular complexity index is 628. The molecule has 0 bridgehead atoms. The standard InChI is InChI=1S/C21H34N4O.HI/c1-21(2)10-13-25(16-21)20(22-3)23-15-19(24-11-5-6-12-24)17-8-7-9-18(14-17)26-4;/h7-9,14,19H,5-6,10-13,15-16H2,1-4H3,(H,22,23);1H. The van der Waals surface area contributed by atoms with Crippen molar-refractivity contribution in [2.24, 2.45) is 10.4 Å². The molecule has 5 nitrogen and oxygen atoms in total. The van der Waals surface area contributed by atoms with Crippen LogP contribution in [0.15, 0.2) is 29.3 Å². The average Bonchev–Trinajstić information content (AvgIpc) is 3.28. The van der Waals surface area contributed by atoms with E-state index in [-0.39, 0.29) is 24.0 Å².